The smallest absolute Gasteiger partial charge is 0.306 e. The van der Waals surface area contributed by atoms with E-state index in [4.69, 9.17) is 4.74 Å². The Balaban J connectivity index is 4.42. The van der Waals surface area contributed by atoms with Crippen molar-refractivity contribution in [1.82, 2.24) is 5.32 Å². The number of hydrogen-bond acceptors (Lipinski definition) is 5. The summed E-state index contributed by atoms with van der Waals surface area (Å²) in [6, 6.07) is -0.695. The van der Waals surface area contributed by atoms with Crippen LogP contribution in [0.1, 0.15) is 278 Å². The molecule has 0 aromatic rings. The highest BCUT2D eigenvalue weighted by Gasteiger charge is 2.24. The molecule has 338 valence electrons. The predicted molar refractivity (Wildman–Crippen MR) is 246 cm³/mol. The summed E-state index contributed by atoms with van der Waals surface area (Å²) in [5.41, 5.74) is 0. The fourth-order valence-corrected chi connectivity index (χ4v) is 7.96. The Hall–Kier alpha value is -1.40. The van der Waals surface area contributed by atoms with Gasteiger partial charge in [0.25, 0.3) is 0 Å². The van der Waals surface area contributed by atoms with Gasteiger partial charge < -0.3 is 20.3 Å². The first-order valence-electron chi connectivity index (χ1n) is 25.4. The van der Waals surface area contributed by atoms with Crippen LogP contribution in [0.5, 0.6) is 0 Å². The van der Waals surface area contributed by atoms with Gasteiger partial charge in [-0.3, -0.25) is 9.59 Å². The Morgan fingerprint density at radius 3 is 1.32 bits per heavy atom. The number of allylic oxidation sites excluding steroid dienone is 2. The molecule has 3 atom stereocenters. The van der Waals surface area contributed by atoms with Crippen LogP contribution in [0.2, 0.25) is 0 Å². The number of rotatable bonds is 46. The van der Waals surface area contributed by atoms with Gasteiger partial charge in [-0.2, -0.15) is 0 Å². The van der Waals surface area contributed by atoms with Crippen LogP contribution < -0.4 is 5.32 Å². The number of unbranched alkanes of at least 4 members (excludes halogenated alkanes) is 32. The Labute approximate surface area is 355 Å². The first kappa shape index (κ1) is 55.6. The van der Waals surface area contributed by atoms with Crippen LogP contribution in [0.25, 0.3) is 0 Å². The molecule has 0 spiro atoms. The van der Waals surface area contributed by atoms with Crippen molar-refractivity contribution in [2.75, 3.05) is 6.61 Å². The predicted octanol–water partition coefficient (Wildman–Crippen LogP) is 15.0. The third-order valence-electron chi connectivity index (χ3n) is 11.8. The SMILES string of the molecule is CCC/C=C\CCCCCCCC(=O)OC(CCCCCCCCCCCCC)CC(=O)NC(CO)C(O)CCCCCCCCCCCCCCCCCCC. The van der Waals surface area contributed by atoms with Crippen LogP contribution >= 0.6 is 0 Å². The van der Waals surface area contributed by atoms with Crippen molar-refractivity contribution in [3.8, 4) is 0 Å². The first-order chi connectivity index (χ1) is 28.0. The summed E-state index contributed by atoms with van der Waals surface area (Å²) in [5.74, 6) is -0.472. The van der Waals surface area contributed by atoms with Gasteiger partial charge in [0, 0.05) is 6.42 Å². The highest BCUT2D eigenvalue weighted by molar-refractivity contribution is 5.77. The van der Waals surface area contributed by atoms with Gasteiger partial charge in [0.2, 0.25) is 5.91 Å². The molecule has 0 heterocycles. The molecule has 0 aliphatic rings. The standard InChI is InChI=1S/C51H99NO5/c1-4-7-10-13-16-19-22-23-24-25-26-27-29-31-34-37-40-43-49(54)48(46-53)52-50(55)45-47(42-39-36-33-30-28-20-17-14-11-8-5-2)57-51(56)44-41-38-35-32-21-18-15-12-9-6-3/h12,15,47-49,53-54H,4-11,13-14,16-46H2,1-3H3,(H,52,55)/b15-12-. The topological polar surface area (TPSA) is 95.9 Å². The first-order valence-corrected chi connectivity index (χ1v) is 25.4. The number of nitrogens with one attached hydrogen (secondary N) is 1. The molecule has 1 amide bonds. The fourth-order valence-electron chi connectivity index (χ4n) is 7.96. The van der Waals surface area contributed by atoms with Gasteiger partial charge in [0.15, 0.2) is 0 Å². The lowest BCUT2D eigenvalue weighted by atomic mass is 10.0. The molecule has 3 unspecified atom stereocenters. The monoisotopic (exact) mass is 806 g/mol. The molecular weight excluding hydrogens is 707 g/mol. The molecule has 3 N–H and O–H groups in total. The lowest BCUT2D eigenvalue weighted by Gasteiger charge is -2.24. The van der Waals surface area contributed by atoms with E-state index in [2.05, 4.69) is 38.2 Å². The van der Waals surface area contributed by atoms with E-state index in [9.17, 15) is 19.8 Å². The van der Waals surface area contributed by atoms with Crippen molar-refractivity contribution >= 4 is 11.9 Å². The average Bonchev–Trinajstić information content (AvgIpc) is 3.20. The van der Waals surface area contributed by atoms with Gasteiger partial charge in [0.1, 0.15) is 6.10 Å². The Morgan fingerprint density at radius 1 is 0.491 bits per heavy atom. The number of carbonyl (C=O) groups is 2. The number of esters is 1. The maximum absolute atomic E-state index is 13.2. The van der Waals surface area contributed by atoms with Gasteiger partial charge in [-0.25, -0.2) is 0 Å². The van der Waals surface area contributed by atoms with E-state index in [1.165, 1.54) is 173 Å². The molecule has 0 rings (SSSR count). The average molecular weight is 806 g/mol. The lowest BCUT2D eigenvalue weighted by Crippen LogP contribution is -2.46. The molecule has 0 aliphatic carbocycles. The number of aliphatic hydroxyl groups is 2. The summed E-state index contributed by atoms with van der Waals surface area (Å²) >= 11 is 0. The van der Waals surface area contributed by atoms with Crippen molar-refractivity contribution in [3.05, 3.63) is 12.2 Å². The molecule has 0 fully saturated rings. The molecule has 0 aromatic heterocycles. The molecule has 0 bridgehead atoms. The summed E-state index contributed by atoms with van der Waals surface area (Å²) < 4.78 is 5.90. The second-order valence-electron chi connectivity index (χ2n) is 17.6. The van der Waals surface area contributed by atoms with Crippen LogP contribution in [-0.2, 0) is 14.3 Å². The molecule has 0 aliphatic heterocycles. The van der Waals surface area contributed by atoms with Gasteiger partial charge in [-0.1, -0.05) is 232 Å². The molecule has 0 aromatic carbocycles. The van der Waals surface area contributed by atoms with Crippen LogP contribution in [-0.4, -0.2) is 46.9 Å². The minimum absolute atomic E-state index is 0.0807. The highest BCUT2D eigenvalue weighted by Crippen LogP contribution is 2.18. The van der Waals surface area contributed by atoms with Gasteiger partial charge in [-0.15, -0.1) is 0 Å². The zero-order chi connectivity index (χ0) is 41.7. The van der Waals surface area contributed by atoms with E-state index in [0.717, 1.165) is 57.8 Å². The van der Waals surface area contributed by atoms with Gasteiger partial charge >= 0.3 is 5.97 Å². The van der Waals surface area contributed by atoms with E-state index in [1.54, 1.807) is 0 Å². The Bertz CT molecular complexity index is 863. The number of aliphatic hydroxyl groups excluding tert-OH is 2. The molecular formula is C51H99NO5. The fraction of sp³-hybridized carbons (Fsp3) is 0.922. The molecule has 57 heavy (non-hydrogen) atoms. The summed E-state index contributed by atoms with van der Waals surface area (Å²) in [6.45, 7) is 6.44. The van der Waals surface area contributed by atoms with E-state index in [1.807, 2.05) is 0 Å². The summed E-state index contributed by atoms with van der Waals surface area (Å²) in [4.78, 5) is 26.0. The van der Waals surface area contributed by atoms with Crippen molar-refractivity contribution in [3.63, 3.8) is 0 Å². The van der Waals surface area contributed by atoms with Crippen molar-refractivity contribution < 1.29 is 24.5 Å². The zero-order valence-electron chi connectivity index (χ0n) is 38.5. The second kappa shape index (κ2) is 45.7. The minimum Gasteiger partial charge on any atom is -0.462 e. The molecule has 0 radical (unpaired) electrons. The lowest BCUT2D eigenvalue weighted by molar-refractivity contribution is -0.151. The molecule has 0 saturated heterocycles. The maximum Gasteiger partial charge on any atom is 0.306 e. The van der Waals surface area contributed by atoms with Gasteiger partial charge in [-0.05, 0) is 44.9 Å². The Kier molecular flexibility index (Phi) is 44.6. The van der Waals surface area contributed by atoms with Gasteiger partial charge in [0.05, 0.1) is 25.2 Å². The van der Waals surface area contributed by atoms with Crippen LogP contribution in [0.4, 0.5) is 0 Å². The van der Waals surface area contributed by atoms with Crippen molar-refractivity contribution in [2.45, 2.75) is 296 Å². The molecule has 6 nitrogen and oxygen atoms in total. The number of hydrogen-bond donors (Lipinski definition) is 3. The highest BCUT2D eigenvalue weighted by atomic mass is 16.5. The normalized spacial score (nSPS) is 13.3. The van der Waals surface area contributed by atoms with E-state index < -0.39 is 18.2 Å². The minimum atomic E-state index is -0.782. The summed E-state index contributed by atoms with van der Waals surface area (Å²) in [6.07, 6.45) is 49.9. The molecule has 6 heteroatoms. The summed E-state index contributed by atoms with van der Waals surface area (Å²) in [5, 5.41) is 23.8. The number of ether oxygens (including phenoxy) is 1. The number of carbonyl (C=O) groups excluding carboxylic acids is 2. The second-order valence-corrected chi connectivity index (χ2v) is 17.6. The third kappa shape index (κ3) is 41.1. The Morgan fingerprint density at radius 2 is 0.877 bits per heavy atom. The van der Waals surface area contributed by atoms with Crippen molar-refractivity contribution in [2.24, 2.45) is 0 Å². The van der Waals surface area contributed by atoms with Crippen LogP contribution in [0, 0.1) is 0 Å². The van der Waals surface area contributed by atoms with E-state index >= 15 is 0 Å². The number of amides is 1. The maximum atomic E-state index is 13.2. The third-order valence-corrected chi connectivity index (χ3v) is 11.8. The zero-order valence-corrected chi connectivity index (χ0v) is 38.5. The van der Waals surface area contributed by atoms with Crippen molar-refractivity contribution in [1.29, 1.82) is 0 Å². The van der Waals surface area contributed by atoms with E-state index in [0.29, 0.717) is 19.3 Å². The van der Waals surface area contributed by atoms with Crippen LogP contribution in [0.15, 0.2) is 12.2 Å². The summed E-state index contributed by atoms with van der Waals surface area (Å²) in [7, 11) is 0. The largest absolute Gasteiger partial charge is 0.462 e. The van der Waals surface area contributed by atoms with Crippen LogP contribution in [0.3, 0.4) is 0 Å². The molecule has 0 saturated carbocycles. The van der Waals surface area contributed by atoms with E-state index in [-0.39, 0.29) is 24.9 Å². The quantitative estimate of drug-likeness (QED) is 0.0323.